The van der Waals surface area contributed by atoms with Gasteiger partial charge in [-0.2, -0.15) is 0 Å². The topological polar surface area (TPSA) is 0 Å². The first-order valence-electron chi connectivity index (χ1n) is 19.5. The fourth-order valence-corrected chi connectivity index (χ4v) is 14.2. The molecule has 4 heteroatoms. The smallest absolute Gasteiger partial charge is 0.0542 e. The van der Waals surface area contributed by atoms with Crippen molar-refractivity contribution >= 4 is 126 Å². The van der Waals surface area contributed by atoms with Crippen LogP contribution in [0.1, 0.15) is 0 Å². The molecule has 0 N–H and O–H groups in total. The van der Waals surface area contributed by atoms with Crippen LogP contribution < -0.4 is 0 Å². The van der Waals surface area contributed by atoms with Crippen molar-refractivity contribution < 1.29 is 0 Å². The van der Waals surface area contributed by atoms with Gasteiger partial charge in [0, 0.05) is 40.3 Å². The van der Waals surface area contributed by atoms with Gasteiger partial charge in [-0.25, -0.2) is 0 Å². The summed E-state index contributed by atoms with van der Waals surface area (Å²) in [7, 11) is 0. The number of hydrogen-bond donors (Lipinski definition) is 0. The molecule has 9 aromatic carbocycles. The molecule has 4 heterocycles. The molecular weight excluding hydrogens is 777 g/mol. The SMILES string of the molecule is c1ccc2c(c1)sc1c3ccc(-c4ccc(-c5ccc6cc7cc(-c8ccc(-c9ccc%10c(c9)sc9c%11ccccc%11sc%109)cc8)ccc7cc6c5)cc4)cc3sc21. The molecule has 0 unspecified atom stereocenters. The minimum absolute atomic E-state index is 1.23. The maximum atomic E-state index is 2.37. The lowest BCUT2D eigenvalue weighted by Crippen LogP contribution is -1.84. The van der Waals surface area contributed by atoms with Crippen molar-refractivity contribution in [2.45, 2.75) is 0 Å². The van der Waals surface area contributed by atoms with Crippen LogP contribution in [0, 0.1) is 0 Å². The Kier molecular flexibility index (Phi) is 7.19. The average molecular weight is 807 g/mol. The summed E-state index contributed by atoms with van der Waals surface area (Å²) in [5.74, 6) is 0. The van der Waals surface area contributed by atoms with Gasteiger partial charge in [0.05, 0.1) is 18.8 Å². The van der Waals surface area contributed by atoms with E-state index in [0.29, 0.717) is 0 Å². The summed E-state index contributed by atoms with van der Waals surface area (Å²) in [6.07, 6.45) is 0. The molecule has 13 rings (SSSR count). The van der Waals surface area contributed by atoms with Crippen molar-refractivity contribution in [1.29, 1.82) is 0 Å². The third-order valence-corrected chi connectivity index (χ3v) is 16.9. The molecule has 0 aliphatic carbocycles. The summed E-state index contributed by atoms with van der Waals surface area (Å²) in [5, 5.41) is 10.5. The van der Waals surface area contributed by atoms with Gasteiger partial charge in [-0.05, 0) is 115 Å². The lowest BCUT2D eigenvalue weighted by molar-refractivity contribution is 1.62. The van der Waals surface area contributed by atoms with Crippen LogP contribution in [0.4, 0.5) is 0 Å². The van der Waals surface area contributed by atoms with Gasteiger partial charge in [-0.1, -0.05) is 133 Å². The van der Waals surface area contributed by atoms with Crippen molar-refractivity contribution in [1.82, 2.24) is 0 Å². The molecule has 0 saturated heterocycles. The third kappa shape index (κ3) is 5.16. The lowest BCUT2D eigenvalue weighted by atomic mass is 9.95. The Balaban J connectivity index is 0.763. The minimum atomic E-state index is 1.23. The van der Waals surface area contributed by atoms with Crippen LogP contribution in [0.15, 0.2) is 182 Å². The van der Waals surface area contributed by atoms with E-state index in [0.717, 1.165) is 0 Å². The van der Waals surface area contributed by atoms with E-state index in [1.165, 1.54) is 125 Å². The maximum Gasteiger partial charge on any atom is 0.0542 e. The summed E-state index contributed by atoms with van der Waals surface area (Å²) in [5.41, 5.74) is 9.97. The number of hydrogen-bond acceptors (Lipinski definition) is 4. The summed E-state index contributed by atoms with van der Waals surface area (Å²) in [6, 6.07) is 68.1. The highest BCUT2D eigenvalue weighted by Crippen LogP contribution is 2.46. The molecule has 0 radical (unpaired) electrons. The highest BCUT2D eigenvalue weighted by Gasteiger charge is 2.15. The Morgan fingerprint density at radius 1 is 0.207 bits per heavy atom. The van der Waals surface area contributed by atoms with Crippen LogP contribution in [0.3, 0.4) is 0 Å². The summed E-state index contributed by atoms with van der Waals surface area (Å²) >= 11 is 7.66. The number of rotatable bonds is 4. The van der Waals surface area contributed by atoms with E-state index >= 15 is 0 Å². The first-order chi connectivity index (χ1) is 28.7. The van der Waals surface area contributed by atoms with E-state index in [2.05, 4.69) is 182 Å². The summed E-state index contributed by atoms with van der Waals surface area (Å²) in [4.78, 5) is 0. The van der Waals surface area contributed by atoms with E-state index in [1.54, 1.807) is 0 Å². The van der Waals surface area contributed by atoms with E-state index in [4.69, 9.17) is 0 Å². The molecule has 0 bridgehead atoms. The number of thiophene rings is 4. The van der Waals surface area contributed by atoms with Crippen LogP contribution in [-0.2, 0) is 0 Å². The van der Waals surface area contributed by atoms with Gasteiger partial charge in [0.25, 0.3) is 0 Å². The molecule has 0 aliphatic rings. The molecule has 0 atom stereocenters. The molecule has 0 spiro atoms. The molecule has 4 aromatic heterocycles. The molecule has 0 fully saturated rings. The van der Waals surface area contributed by atoms with Gasteiger partial charge in [-0.15, -0.1) is 45.3 Å². The van der Waals surface area contributed by atoms with Gasteiger partial charge < -0.3 is 0 Å². The molecule has 58 heavy (non-hydrogen) atoms. The van der Waals surface area contributed by atoms with Crippen LogP contribution in [0.2, 0.25) is 0 Å². The minimum Gasteiger partial charge on any atom is -0.134 e. The fourth-order valence-electron chi connectivity index (χ4n) is 8.84. The van der Waals surface area contributed by atoms with Gasteiger partial charge >= 0.3 is 0 Å². The van der Waals surface area contributed by atoms with Crippen molar-refractivity contribution in [3.8, 4) is 44.5 Å². The zero-order valence-electron chi connectivity index (χ0n) is 31.0. The average Bonchev–Trinajstić information content (AvgIpc) is 4.03. The standard InChI is InChI=1S/C54H30S4/c1-3-7-47-43(5-1)51-53(55-47)45-23-21-39(29-49(45)57-51)33-13-9-31(10-14-33)35-17-19-37-28-42-26-36(18-20-38(42)27-41(37)25-35)32-11-15-34(16-12-32)40-22-24-46-50(30-40)58-52-44-6-2-4-8-48(44)56-54(46)52/h1-30H. The molecule has 0 nitrogen and oxygen atoms in total. The predicted molar refractivity (Wildman–Crippen MR) is 260 cm³/mol. The second kappa shape index (κ2) is 12.7. The lowest BCUT2D eigenvalue weighted by Gasteiger charge is -2.10. The highest BCUT2D eigenvalue weighted by molar-refractivity contribution is 7.37. The number of benzene rings is 9. The Bertz CT molecular complexity index is 3530. The number of fused-ring (bicyclic) bond motifs is 12. The Morgan fingerprint density at radius 2 is 0.517 bits per heavy atom. The van der Waals surface area contributed by atoms with Gasteiger partial charge in [0.15, 0.2) is 0 Å². The maximum absolute atomic E-state index is 2.37. The van der Waals surface area contributed by atoms with Gasteiger partial charge in [-0.3, -0.25) is 0 Å². The molecule has 0 aliphatic heterocycles. The zero-order chi connectivity index (χ0) is 37.9. The molecule has 270 valence electrons. The van der Waals surface area contributed by atoms with Crippen molar-refractivity contribution in [2.75, 3.05) is 0 Å². The first kappa shape index (κ1) is 32.9. The van der Waals surface area contributed by atoms with Crippen LogP contribution in [0.5, 0.6) is 0 Å². The van der Waals surface area contributed by atoms with Crippen molar-refractivity contribution in [3.63, 3.8) is 0 Å². The quantitative estimate of drug-likeness (QED) is 0.155. The van der Waals surface area contributed by atoms with Gasteiger partial charge in [0.2, 0.25) is 0 Å². The predicted octanol–water partition coefficient (Wildman–Crippen LogP) is 17.8. The Hall–Kier alpha value is -6.14. The molecule has 0 saturated carbocycles. The van der Waals surface area contributed by atoms with Gasteiger partial charge in [0.1, 0.15) is 0 Å². The van der Waals surface area contributed by atoms with Crippen molar-refractivity contribution in [2.24, 2.45) is 0 Å². The van der Waals surface area contributed by atoms with Crippen molar-refractivity contribution in [3.05, 3.63) is 182 Å². The van der Waals surface area contributed by atoms with Crippen LogP contribution in [-0.4, -0.2) is 0 Å². The second-order valence-corrected chi connectivity index (χ2v) is 19.5. The fraction of sp³-hybridized carbons (Fsp3) is 0. The Morgan fingerprint density at radius 3 is 0.931 bits per heavy atom. The van der Waals surface area contributed by atoms with E-state index in [9.17, 15) is 0 Å². The van der Waals surface area contributed by atoms with Crippen LogP contribution in [0.25, 0.3) is 125 Å². The third-order valence-electron chi connectivity index (χ3n) is 11.9. The van der Waals surface area contributed by atoms with E-state index in [1.807, 2.05) is 45.3 Å². The normalized spacial score (nSPS) is 12.1. The van der Waals surface area contributed by atoms with E-state index in [-0.39, 0.29) is 0 Å². The summed E-state index contributed by atoms with van der Waals surface area (Å²) < 4.78 is 11.1. The second-order valence-electron chi connectivity index (χ2n) is 15.3. The Labute approximate surface area is 350 Å². The first-order valence-corrected chi connectivity index (χ1v) is 22.8. The zero-order valence-corrected chi connectivity index (χ0v) is 34.2. The monoisotopic (exact) mass is 806 g/mol. The molecule has 13 aromatic rings. The largest absolute Gasteiger partial charge is 0.134 e. The molecular formula is C54H30S4. The molecule has 0 amide bonds. The summed E-state index contributed by atoms with van der Waals surface area (Å²) in [6.45, 7) is 0. The highest BCUT2D eigenvalue weighted by atomic mass is 32.1. The van der Waals surface area contributed by atoms with Crippen LogP contribution >= 0.6 is 45.3 Å². The van der Waals surface area contributed by atoms with E-state index < -0.39 is 0 Å².